The molecule has 2 aromatic carbocycles. The molecule has 33 heavy (non-hydrogen) atoms. The lowest BCUT2D eigenvalue weighted by atomic mass is 9.94. The first kappa shape index (κ1) is 23.5. The Morgan fingerprint density at radius 2 is 1.88 bits per heavy atom. The van der Waals surface area contributed by atoms with Crippen molar-refractivity contribution in [1.29, 1.82) is 0 Å². The summed E-state index contributed by atoms with van der Waals surface area (Å²) >= 11 is 0. The van der Waals surface area contributed by atoms with Crippen molar-refractivity contribution >= 4 is 22.5 Å². The molecular formula is C22H24F4N4O2S. The minimum atomic E-state index is -4.57. The summed E-state index contributed by atoms with van der Waals surface area (Å²) in [5, 5.41) is 2.64. The minimum Gasteiger partial charge on any atom is -0.321 e. The van der Waals surface area contributed by atoms with Gasteiger partial charge in [-0.25, -0.2) is 14.1 Å². The molecule has 1 amide bonds. The fourth-order valence-electron chi connectivity index (χ4n) is 4.14. The first-order chi connectivity index (χ1) is 15.5. The number of halogens is 4. The number of guanidine groups is 1. The Labute approximate surface area is 190 Å². The molecule has 0 aromatic heterocycles. The predicted octanol–water partition coefficient (Wildman–Crippen LogP) is 4.56. The van der Waals surface area contributed by atoms with E-state index in [2.05, 4.69) is 15.0 Å². The van der Waals surface area contributed by atoms with E-state index in [-0.39, 0.29) is 36.7 Å². The third kappa shape index (κ3) is 4.71. The Hall–Kier alpha value is -2.63. The molecule has 2 aliphatic rings. The van der Waals surface area contributed by atoms with E-state index in [4.69, 9.17) is 0 Å². The van der Waals surface area contributed by atoms with Crippen LogP contribution in [0.25, 0.3) is 0 Å². The van der Waals surface area contributed by atoms with E-state index in [1.54, 1.807) is 36.4 Å². The second kappa shape index (κ2) is 8.62. The third-order valence-corrected chi connectivity index (χ3v) is 8.44. The van der Waals surface area contributed by atoms with Crippen LogP contribution >= 0.6 is 10.7 Å². The Kier molecular flexibility index (Phi) is 6.14. The number of hydrogen-bond donors (Lipinski definition) is 3. The normalized spacial score (nSPS) is 29.8. The molecule has 0 radical (unpaired) electrons. The van der Waals surface area contributed by atoms with Crippen molar-refractivity contribution in [2.45, 2.75) is 37.5 Å². The standard InChI is InChI=1S/C22H24F4N4O2S/c1-21(16-10-5-6-11-17(16)23)14-33(32)29-18(22(24,25)26)12-7-13-30(33)20(28-21)27-19(31)15-8-3-2-4-9-15/h2-6,8-11,18,29,32H,7,12-14H2,1H3,(H,27,28,31)/t18-,21-/m0/s1. The molecule has 0 spiro atoms. The fourth-order valence-corrected chi connectivity index (χ4v) is 7.02. The van der Waals surface area contributed by atoms with Crippen molar-refractivity contribution in [1.82, 2.24) is 14.3 Å². The lowest BCUT2D eigenvalue weighted by molar-refractivity contribution is -0.152. The van der Waals surface area contributed by atoms with Crippen LogP contribution in [-0.2, 0) is 5.54 Å². The maximum absolute atomic E-state index is 14.7. The van der Waals surface area contributed by atoms with Gasteiger partial charge in [0.05, 0.1) is 5.75 Å². The maximum atomic E-state index is 14.7. The van der Waals surface area contributed by atoms with E-state index >= 15 is 0 Å². The van der Waals surface area contributed by atoms with Gasteiger partial charge in [0.1, 0.15) is 17.4 Å². The first-order valence-corrected chi connectivity index (χ1v) is 12.1. The lowest BCUT2D eigenvalue weighted by Gasteiger charge is -2.52. The molecule has 1 fully saturated rings. The van der Waals surface area contributed by atoms with E-state index in [1.165, 1.54) is 29.4 Å². The van der Waals surface area contributed by atoms with Gasteiger partial charge in [0.2, 0.25) is 5.96 Å². The van der Waals surface area contributed by atoms with E-state index in [0.717, 1.165) is 0 Å². The molecule has 2 aliphatic heterocycles. The van der Waals surface area contributed by atoms with Crippen molar-refractivity contribution in [3.63, 3.8) is 0 Å². The highest BCUT2D eigenvalue weighted by Crippen LogP contribution is 2.55. The highest BCUT2D eigenvalue weighted by atomic mass is 32.3. The number of nitrogens with one attached hydrogen (secondary N) is 2. The number of fused-ring (bicyclic) bond motifs is 1. The van der Waals surface area contributed by atoms with Gasteiger partial charge in [0.25, 0.3) is 5.91 Å². The Balaban J connectivity index is 1.79. The summed E-state index contributed by atoms with van der Waals surface area (Å²) in [5.41, 5.74) is -0.988. The lowest BCUT2D eigenvalue weighted by Crippen LogP contribution is -2.57. The number of benzene rings is 2. The van der Waals surface area contributed by atoms with E-state index in [0.29, 0.717) is 5.56 Å². The third-order valence-electron chi connectivity index (χ3n) is 5.73. The van der Waals surface area contributed by atoms with Crippen LogP contribution in [0.15, 0.2) is 59.6 Å². The van der Waals surface area contributed by atoms with E-state index < -0.39 is 40.2 Å². The highest BCUT2D eigenvalue weighted by Gasteiger charge is 2.52. The minimum absolute atomic E-state index is 0.0483. The number of amides is 1. The number of carbonyl (C=O) groups is 1. The topological polar surface area (TPSA) is 77.0 Å². The zero-order valence-corrected chi connectivity index (χ0v) is 18.6. The van der Waals surface area contributed by atoms with Gasteiger partial charge in [0.15, 0.2) is 0 Å². The van der Waals surface area contributed by atoms with Gasteiger partial charge in [-0.15, -0.1) is 0 Å². The molecule has 6 nitrogen and oxygen atoms in total. The molecule has 1 unspecified atom stereocenters. The number of nitrogens with zero attached hydrogens (tertiary/aromatic N) is 2. The molecular weight excluding hydrogens is 460 g/mol. The van der Waals surface area contributed by atoms with Gasteiger partial charge >= 0.3 is 6.18 Å². The highest BCUT2D eigenvalue weighted by molar-refractivity contribution is 8.26. The molecule has 0 aliphatic carbocycles. The maximum Gasteiger partial charge on any atom is 0.404 e. The zero-order valence-electron chi connectivity index (χ0n) is 17.8. The quantitative estimate of drug-likeness (QED) is 0.546. The molecule has 4 rings (SSSR count). The molecule has 2 aromatic rings. The second-order valence-electron chi connectivity index (χ2n) is 8.28. The van der Waals surface area contributed by atoms with Crippen molar-refractivity contribution < 1.29 is 26.9 Å². The molecule has 0 saturated carbocycles. The van der Waals surface area contributed by atoms with E-state index in [9.17, 15) is 26.9 Å². The zero-order chi connectivity index (χ0) is 23.9. The smallest absolute Gasteiger partial charge is 0.321 e. The van der Waals surface area contributed by atoms with Crippen LogP contribution in [0.5, 0.6) is 0 Å². The Bertz CT molecular complexity index is 1070. The van der Waals surface area contributed by atoms with Gasteiger partial charge in [-0.1, -0.05) is 36.4 Å². The summed E-state index contributed by atoms with van der Waals surface area (Å²) in [6.07, 6.45) is -4.70. The summed E-state index contributed by atoms with van der Waals surface area (Å²) in [6.45, 7) is 1.59. The van der Waals surface area contributed by atoms with Gasteiger partial charge < -0.3 is 4.55 Å². The van der Waals surface area contributed by atoms with Crippen molar-refractivity contribution in [2.75, 3.05) is 12.3 Å². The summed E-state index contributed by atoms with van der Waals surface area (Å²) in [7, 11) is -3.35. The number of aliphatic imine (C=N–C) groups is 1. The van der Waals surface area contributed by atoms with Crippen LogP contribution in [0, 0.1) is 5.82 Å². The fraction of sp³-hybridized carbons (Fsp3) is 0.364. The van der Waals surface area contributed by atoms with Crippen LogP contribution in [0.1, 0.15) is 35.7 Å². The summed E-state index contributed by atoms with van der Waals surface area (Å²) in [5.74, 6) is -1.51. The van der Waals surface area contributed by atoms with Crippen molar-refractivity contribution in [3.8, 4) is 0 Å². The van der Waals surface area contributed by atoms with Crippen molar-refractivity contribution in [3.05, 3.63) is 71.5 Å². The van der Waals surface area contributed by atoms with Crippen molar-refractivity contribution in [2.24, 2.45) is 4.99 Å². The summed E-state index contributed by atoms with van der Waals surface area (Å²) in [4.78, 5) is 17.4. The van der Waals surface area contributed by atoms with Crippen LogP contribution in [0.2, 0.25) is 0 Å². The van der Waals surface area contributed by atoms with Crippen LogP contribution in [0.4, 0.5) is 17.6 Å². The Morgan fingerprint density at radius 3 is 2.55 bits per heavy atom. The summed E-state index contributed by atoms with van der Waals surface area (Å²) in [6, 6.07) is 12.1. The molecule has 1 saturated heterocycles. The number of rotatable bonds is 2. The van der Waals surface area contributed by atoms with Gasteiger partial charge in [-0.2, -0.15) is 13.2 Å². The second-order valence-corrected chi connectivity index (χ2v) is 10.6. The molecule has 3 N–H and O–H groups in total. The van der Waals surface area contributed by atoms with Crippen LogP contribution in [-0.4, -0.2) is 45.2 Å². The number of hydrogen-bond acceptors (Lipinski definition) is 5. The predicted molar refractivity (Wildman–Crippen MR) is 119 cm³/mol. The monoisotopic (exact) mass is 484 g/mol. The SMILES string of the molecule is C[C@@]1(c2ccccc2F)CS2(O)N[C@H](C(F)(F)F)CCCN2C(NC(=O)c2ccccc2)=N1. The van der Waals surface area contributed by atoms with E-state index in [1.807, 2.05) is 0 Å². The molecule has 178 valence electrons. The van der Waals surface area contributed by atoms with Crippen LogP contribution in [0.3, 0.4) is 0 Å². The van der Waals surface area contributed by atoms with Crippen LogP contribution < -0.4 is 10.0 Å². The average molecular weight is 485 g/mol. The molecule has 3 atom stereocenters. The molecule has 0 bridgehead atoms. The van der Waals surface area contributed by atoms with Gasteiger partial charge in [-0.05, 0) is 38.0 Å². The number of alkyl halides is 3. The molecule has 11 heteroatoms. The summed E-state index contributed by atoms with van der Waals surface area (Å²) < 4.78 is 70.9. The molecule has 2 heterocycles. The largest absolute Gasteiger partial charge is 0.404 e. The first-order valence-electron chi connectivity index (χ1n) is 10.4. The average Bonchev–Trinajstić information content (AvgIpc) is 2.93. The Morgan fingerprint density at radius 1 is 1.21 bits per heavy atom. The van der Waals surface area contributed by atoms with Gasteiger partial charge in [-0.3, -0.25) is 14.4 Å². The van der Waals surface area contributed by atoms with Gasteiger partial charge in [0, 0.05) is 28.4 Å². The number of carbonyl (C=O) groups excluding carboxylic acids is 1.